The first kappa shape index (κ1) is 23.5. The van der Waals surface area contributed by atoms with E-state index in [1.165, 1.54) is 5.56 Å². The molecule has 0 radical (unpaired) electrons. The lowest BCUT2D eigenvalue weighted by Gasteiger charge is -2.35. The zero-order valence-corrected chi connectivity index (χ0v) is 19.0. The third-order valence-electron chi connectivity index (χ3n) is 7.12. The van der Waals surface area contributed by atoms with Gasteiger partial charge in [-0.1, -0.05) is 48.5 Å². The quantitative estimate of drug-likeness (QED) is 0.663. The van der Waals surface area contributed by atoms with Crippen LogP contribution < -0.4 is 5.32 Å². The maximum Gasteiger partial charge on any atom is 0.290 e. The average molecular weight is 464 g/mol. The third-order valence-corrected chi connectivity index (χ3v) is 7.12. The summed E-state index contributed by atoms with van der Waals surface area (Å²) in [6.07, 6.45) is 3.42. The summed E-state index contributed by atoms with van der Waals surface area (Å²) >= 11 is 0. The molecule has 3 heterocycles. The minimum atomic E-state index is -0.726. The van der Waals surface area contributed by atoms with Crippen molar-refractivity contribution in [1.29, 1.82) is 0 Å². The maximum absolute atomic E-state index is 13.3. The number of hydrogen-bond donors (Lipinski definition) is 2. The largest absolute Gasteiger partial charge is 0.483 e. The first-order valence-corrected chi connectivity index (χ1v) is 11.6. The van der Waals surface area contributed by atoms with Crippen LogP contribution in [0.2, 0.25) is 0 Å². The second-order valence-electron chi connectivity index (χ2n) is 8.87. The zero-order chi connectivity index (χ0) is 24.1. The number of carbonyl (C=O) groups is 4. The van der Waals surface area contributed by atoms with Crippen LogP contribution in [0.25, 0.3) is 0 Å². The summed E-state index contributed by atoms with van der Waals surface area (Å²) in [5.41, 5.74) is 2.31. The first-order chi connectivity index (χ1) is 16.5. The number of carbonyl (C=O) groups excluding carboxylic acids is 3. The number of fused-ring (bicyclic) bond motifs is 2. The van der Waals surface area contributed by atoms with Crippen molar-refractivity contribution in [2.24, 2.45) is 0 Å². The van der Waals surface area contributed by atoms with Gasteiger partial charge in [0.25, 0.3) is 6.47 Å². The second-order valence-corrected chi connectivity index (χ2v) is 8.87. The summed E-state index contributed by atoms with van der Waals surface area (Å²) in [4.78, 5) is 50.6. The predicted octanol–water partition coefficient (Wildman–Crippen LogP) is 2.43. The predicted molar refractivity (Wildman–Crippen MR) is 126 cm³/mol. The van der Waals surface area contributed by atoms with Gasteiger partial charge in [0.1, 0.15) is 0 Å². The molecule has 2 saturated heterocycles. The number of likely N-dealkylation sites (tertiary alicyclic amines) is 2. The van der Waals surface area contributed by atoms with Gasteiger partial charge in [0.2, 0.25) is 17.7 Å². The highest BCUT2D eigenvalue weighted by Crippen LogP contribution is 2.49. The van der Waals surface area contributed by atoms with Crippen molar-refractivity contribution in [3.05, 3.63) is 65.7 Å². The fourth-order valence-electron chi connectivity index (χ4n) is 5.58. The van der Waals surface area contributed by atoms with Crippen LogP contribution in [-0.4, -0.2) is 64.8 Å². The Bertz CT molecular complexity index is 1070. The van der Waals surface area contributed by atoms with E-state index in [-0.39, 0.29) is 36.8 Å². The van der Waals surface area contributed by atoms with E-state index in [0.717, 1.165) is 24.1 Å². The van der Waals surface area contributed by atoms with E-state index in [9.17, 15) is 14.4 Å². The van der Waals surface area contributed by atoms with Crippen LogP contribution in [0.5, 0.6) is 0 Å². The molecule has 5 rings (SSSR count). The number of amides is 3. The highest BCUT2D eigenvalue weighted by Gasteiger charge is 2.58. The van der Waals surface area contributed by atoms with Crippen molar-refractivity contribution >= 4 is 29.9 Å². The van der Waals surface area contributed by atoms with Crippen LogP contribution in [0.4, 0.5) is 5.69 Å². The molecule has 2 fully saturated rings. The normalized spacial score (nSPS) is 22.9. The number of para-hydroxylation sites is 1. The molecule has 0 aliphatic carbocycles. The summed E-state index contributed by atoms with van der Waals surface area (Å²) in [6, 6.07) is 17.8. The molecule has 178 valence electrons. The van der Waals surface area contributed by atoms with Crippen molar-refractivity contribution in [3.63, 3.8) is 0 Å². The highest BCUT2D eigenvalue weighted by molar-refractivity contribution is 6.07. The molecule has 8 nitrogen and oxygen atoms in total. The van der Waals surface area contributed by atoms with Crippen LogP contribution in [-0.2, 0) is 31.0 Å². The lowest BCUT2D eigenvalue weighted by Crippen LogP contribution is -2.51. The monoisotopic (exact) mass is 463 g/mol. The molecular weight excluding hydrogens is 434 g/mol. The highest BCUT2D eigenvalue weighted by atomic mass is 16.3. The van der Waals surface area contributed by atoms with E-state index in [4.69, 9.17) is 9.90 Å². The van der Waals surface area contributed by atoms with Crippen molar-refractivity contribution in [2.45, 2.75) is 43.6 Å². The molecule has 2 N–H and O–H groups in total. The molecule has 0 aromatic heterocycles. The zero-order valence-electron chi connectivity index (χ0n) is 19.0. The van der Waals surface area contributed by atoms with Gasteiger partial charge in [-0.25, -0.2) is 0 Å². The molecule has 0 unspecified atom stereocenters. The molecule has 2 aromatic rings. The Morgan fingerprint density at radius 2 is 1.79 bits per heavy atom. The Balaban J connectivity index is 0.000000868. The van der Waals surface area contributed by atoms with E-state index in [2.05, 4.69) is 17.4 Å². The van der Waals surface area contributed by atoms with Gasteiger partial charge < -0.3 is 20.2 Å². The van der Waals surface area contributed by atoms with Crippen LogP contribution in [0.15, 0.2) is 54.6 Å². The number of rotatable bonds is 5. The number of benzene rings is 2. The molecular formula is C26H29N3O5. The fourth-order valence-corrected chi connectivity index (χ4v) is 5.58. The van der Waals surface area contributed by atoms with Gasteiger partial charge in [-0.05, 0) is 42.9 Å². The lowest BCUT2D eigenvalue weighted by molar-refractivity contribution is -0.139. The van der Waals surface area contributed by atoms with Crippen LogP contribution >= 0.6 is 0 Å². The van der Waals surface area contributed by atoms with Crippen LogP contribution in [0, 0.1) is 0 Å². The summed E-state index contributed by atoms with van der Waals surface area (Å²) in [5, 5.41) is 9.95. The Kier molecular flexibility index (Phi) is 6.95. The minimum Gasteiger partial charge on any atom is -0.483 e. The molecule has 8 heteroatoms. The number of hydrogen-bond acceptors (Lipinski definition) is 4. The van der Waals surface area contributed by atoms with E-state index < -0.39 is 5.41 Å². The Hall–Kier alpha value is -3.68. The van der Waals surface area contributed by atoms with Gasteiger partial charge in [-0.3, -0.25) is 19.2 Å². The van der Waals surface area contributed by atoms with Crippen LogP contribution in [0.1, 0.15) is 36.8 Å². The van der Waals surface area contributed by atoms with Gasteiger partial charge in [0, 0.05) is 25.2 Å². The lowest BCUT2D eigenvalue weighted by atomic mass is 9.73. The SMILES string of the molecule is O=C1CCCN1CC(=O)N1CC[C@]2(C(=O)Nc3ccccc32)[C@@H]1CCc1ccccc1.O=CO. The molecule has 3 aliphatic rings. The molecule has 1 spiro atoms. The Morgan fingerprint density at radius 1 is 1.09 bits per heavy atom. The number of aryl methyl sites for hydroxylation is 1. The van der Waals surface area contributed by atoms with Gasteiger partial charge in [-0.2, -0.15) is 0 Å². The molecule has 0 bridgehead atoms. The second kappa shape index (κ2) is 10.1. The maximum atomic E-state index is 13.3. The van der Waals surface area contributed by atoms with Crippen molar-refractivity contribution in [3.8, 4) is 0 Å². The van der Waals surface area contributed by atoms with Gasteiger partial charge in [-0.15, -0.1) is 0 Å². The molecule has 0 saturated carbocycles. The Labute approximate surface area is 198 Å². The van der Waals surface area contributed by atoms with E-state index >= 15 is 0 Å². The number of carboxylic acid groups (broad SMARTS) is 1. The molecule has 3 aliphatic heterocycles. The van der Waals surface area contributed by atoms with Crippen molar-refractivity contribution < 1.29 is 24.3 Å². The molecule has 2 atom stereocenters. The van der Waals surface area contributed by atoms with Crippen molar-refractivity contribution in [1.82, 2.24) is 9.80 Å². The van der Waals surface area contributed by atoms with Crippen LogP contribution in [0.3, 0.4) is 0 Å². The number of anilines is 1. The molecule has 2 aromatic carbocycles. The smallest absolute Gasteiger partial charge is 0.290 e. The van der Waals surface area contributed by atoms with E-state index in [1.807, 2.05) is 47.4 Å². The minimum absolute atomic E-state index is 0.0145. The van der Waals surface area contributed by atoms with Gasteiger partial charge >= 0.3 is 0 Å². The fraction of sp³-hybridized carbons (Fsp3) is 0.385. The Morgan fingerprint density at radius 3 is 2.50 bits per heavy atom. The van der Waals surface area contributed by atoms with Crippen molar-refractivity contribution in [2.75, 3.05) is 25.0 Å². The average Bonchev–Trinajstić information content (AvgIpc) is 3.51. The summed E-state index contributed by atoms with van der Waals surface area (Å²) < 4.78 is 0. The molecule has 34 heavy (non-hydrogen) atoms. The third kappa shape index (κ3) is 4.27. The summed E-state index contributed by atoms with van der Waals surface area (Å²) in [7, 11) is 0. The van der Waals surface area contributed by atoms with E-state index in [1.54, 1.807) is 4.90 Å². The standard InChI is InChI=1S/C25H27N3O3.CH2O2/c29-22-11-6-15-27(22)17-23(30)28-16-14-25(19-9-4-5-10-20(19)26-24(25)31)21(28)13-12-18-7-2-1-3-8-18;2-1-3/h1-5,7-10,21H,6,11-17H2,(H,26,31);1H,(H,2,3)/t21-,25+;/m0./s1. The van der Waals surface area contributed by atoms with E-state index in [0.29, 0.717) is 32.4 Å². The molecule has 3 amide bonds. The van der Waals surface area contributed by atoms with Gasteiger partial charge in [0.05, 0.1) is 18.0 Å². The van der Waals surface area contributed by atoms with Gasteiger partial charge in [0.15, 0.2) is 0 Å². The number of nitrogens with one attached hydrogen (secondary N) is 1. The first-order valence-electron chi connectivity index (χ1n) is 11.6. The summed E-state index contributed by atoms with van der Waals surface area (Å²) in [6.45, 7) is 1.03. The summed E-state index contributed by atoms with van der Waals surface area (Å²) in [5.74, 6) is -0.0197. The topological polar surface area (TPSA) is 107 Å². The number of nitrogens with zero attached hydrogens (tertiary/aromatic N) is 2.